The highest BCUT2D eigenvalue weighted by molar-refractivity contribution is 14.0. The third kappa shape index (κ3) is 6.25. The van der Waals surface area contributed by atoms with E-state index < -0.39 is 4.92 Å². The molecule has 0 aliphatic carbocycles. The monoisotopic (exact) mass is 500 g/mol. The van der Waals surface area contributed by atoms with Gasteiger partial charge in [0.15, 0.2) is 5.96 Å². The number of benzene rings is 2. The normalized spacial score (nSPS) is 11.8. The fourth-order valence-corrected chi connectivity index (χ4v) is 2.62. The zero-order chi connectivity index (χ0) is 19.8. The van der Waals surface area contributed by atoms with Gasteiger partial charge in [0, 0.05) is 31.3 Å². The van der Waals surface area contributed by atoms with Crippen LogP contribution in [0.4, 0.5) is 5.69 Å². The minimum absolute atomic E-state index is 0. The molecule has 1 atom stereocenters. The van der Waals surface area contributed by atoms with Crippen molar-refractivity contribution >= 4 is 35.6 Å². The second kappa shape index (κ2) is 11.3. The molecular formula is C19H25IN4O4. The van der Waals surface area contributed by atoms with Crippen LogP contribution in [-0.4, -0.2) is 32.2 Å². The smallest absolute Gasteiger partial charge is 0.269 e. The van der Waals surface area contributed by atoms with Crippen LogP contribution >= 0.6 is 24.0 Å². The highest BCUT2D eigenvalue weighted by atomic mass is 127. The Kier molecular flexibility index (Phi) is 9.49. The lowest BCUT2D eigenvalue weighted by Gasteiger charge is -2.21. The lowest BCUT2D eigenvalue weighted by Crippen LogP contribution is -2.38. The molecule has 2 N–H and O–H groups in total. The lowest BCUT2D eigenvalue weighted by atomic mass is 10.1. The first-order valence-electron chi connectivity index (χ1n) is 8.41. The van der Waals surface area contributed by atoms with Crippen molar-refractivity contribution in [1.29, 1.82) is 0 Å². The minimum Gasteiger partial charge on any atom is -0.497 e. The number of nitrogens with zero attached hydrogens (tertiary/aromatic N) is 2. The van der Waals surface area contributed by atoms with E-state index in [1.165, 1.54) is 12.1 Å². The Bertz CT molecular complexity index is 829. The SMILES string of the molecule is CN=C(NCc1cccc([N+](=O)[O-])c1)NC(C)c1cc(OC)ccc1OC.I. The second-order valence-electron chi connectivity index (χ2n) is 5.83. The molecule has 9 heteroatoms. The first-order valence-corrected chi connectivity index (χ1v) is 8.41. The summed E-state index contributed by atoms with van der Waals surface area (Å²) in [5.74, 6) is 2.04. The van der Waals surface area contributed by atoms with E-state index in [0.717, 1.165) is 22.6 Å². The van der Waals surface area contributed by atoms with Crippen LogP contribution in [0.3, 0.4) is 0 Å². The van der Waals surface area contributed by atoms with E-state index in [9.17, 15) is 10.1 Å². The highest BCUT2D eigenvalue weighted by Crippen LogP contribution is 2.29. The summed E-state index contributed by atoms with van der Waals surface area (Å²) in [4.78, 5) is 14.7. The molecule has 0 amide bonds. The van der Waals surface area contributed by atoms with E-state index in [1.54, 1.807) is 27.3 Å². The van der Waals surface area contributed by atoms with Crippen LogP contribution in [0.5, 0.6) is 11.5 Å². The summed E-state index contributed by atoms with van der Waals surface area (Å²) >= 11 is 0. The average Bonchev–Trinajstić information content (AvgIpc) is 2.70. The number of methoxy groups -OCH3 is 2. The number of aliphatic imine (C=N–C) groups is 1. The second-order valence-corrected chi connectivity index (χ2v) is 5.83. The van der Waals surface area contributed by atoms with Gasteiger partial charge in [0.05, 0.1) is 25.2 Å². The van der Waals surface area contributed by atoms with Crippen LogP contribution in [0.15, 0.2) is 47.5 Å². The zero-order valence-electron chi connectivity index (χ0n) is 16.3. The number of nitrogens with one attached hydrogen (secondary N) is 2. The first kappa shape index (κ1) is 23.5. The Hall–Kier alpha value is -2.56. The van der Waals surface area contributed by atoms with Gasteiger partial charge in [-0.05, 0) is 30.7 Å². The van der Waals surface area contributed by atoms with Crippen LogP contribution in [0, 0.1) is 10.1 Å². The summed E-state index contributed by atoms with van der Waals surface area (Å²) in [6.07, 6.45) is 0. The fourth-order valence-electron chi connectivity index (χ4n) is 2.62. The quantitative estimate of drug-likeness (QED) is 0.198. The van der Waals surface area contributed by atoms with Gasteiger partial charge < -0.3 is 20.1 Å². The predicted octanol–water partition coefficient (Wildman–Crippen LogP) is 3.66. The molecule has 1 unspecified atom stereocenters. The molecular weight excluding hydrogens is 475 g/mol. The largest absolute Gasteiger partial charge is 0.497 e. The Labute approximate surface area is 181 Å². The zero-order valence-corrected chi connectivity index (χ0v) is 18.6. The number of hydrogen-bond donors (Lipinski definition) is 2. The van der Waals surface area contributed by atoms with Gasteiger partial charge in [0.25, 0.3) is 5.69 Å². The summed E-state index contributed by atoms with van der Waals surface area (Å²) in [5, 5.41) is 17.3. The molecule has 2 rings (SSSR count). The summed E-state index contributed by atoms with van der Waals surface area (Å²) in [6, 6.07) is 12.0. The maximum atomic E-state index is 10.9. The predicted molar refractivity (Wildman–Crippen MR) is 120 cm³/mol. The van der Waals surface area contributed by atoms with Gasteiger partial charge in [-0.1, -0.05) is 12.1 Å². The molecule has 152 valence electrons. The number of halogens is 1. The molecule has 0 aliphatic rings. The van der Waals surface area contributed by atoms with Gasteiger partial charge in [0.1, 0.15) is 11.5 Å². The maximum Gasteiger partial charge on any atom is 0.269 e. The van der Waals surface area contributed by atoms with Gasteiger partial charge in [-0.2, -0.15) is 0 Å². The summed E-state index contributed by atoms with van der Waals surface area (Å²) in [6.45, 7) is 2.39. The van der Waals surface area contributed by atoms with Crippen LogP contribution in [0.2, 0.25) is 0 Å². The molecule has 0 saturated carbocycles. The number of guanidine groups is 1. The molecule has 0 bridgehead atoms. The van der Waals surface area contributed by atoms with E-state index in [0.29, 0.717) is 12.5 Å². The topological polar surface area (TPSA) is 98.0 Å². The number of rotatable bonds is 7. The van der Waals surface area contributed by atoms with Crippen molar-refractivity contribution in [2.24, 2.45) is 4.99 Å². The number of hydrogen-bond acceptors (Lipinski definition) is 5. The van der Waals surface area contributed by atoms with E-state index >= 15 is 0 Å². The number of nitro groups is 1. The van der Waals surface area contributed by atoms with E-state index in [-0.39, 0.29) is 35.7 Å². The molecule has 0 aliphatic heterocycles. The van der Waals surface area contributed by atoms with E-state index in [4.69, 9.17) is 9.47 Å². The number of non-ortho nitro benzene ring substituents is 1. The third-order valence-corrected chi connectivity index (χ3v) is 4.06. The molecule has 0 radical (unpaired) electrons. The first-order chi connectivity index (χ1) is 13.0. The van der Waals surface area contributed by atoms with Gasteiger partial charge in [-0.3, -0.25) is 15.1 Å². The van der Waals surface area contributed by atoms with E-state index in [1.807, 2.05) is 31.2 Å². The van der Waals surface area contributed by atoms with Crippen molar-refractivity contribution in [2.75, 3.05) is 21.3 Å². The standard InChI is InChI=1S/C19H24N4O4.HI/c1-13(17-11-16(26-3)8-9-18(17)27-4)22-19(20-2)21-12-14-6-5-7-15(10-14)23(24)25;/h5-11,13H,12H2,1-4H3,(H2,20,21,22);1H. The van der Waals surface area contributed by atoms with Gasteiger partial charge in [-0.25, -0.2) is 0 Å². The van der Waals surface area contributed by atoms with Crippen molar-refractivity contribution in [3.8, 4) is 11.5 Å². The molecule has 0 aromatic heterocycles. The van der Waals surface area contributed by atoms with E-state index in [2.05, 4.69) is 15.6 Å². The van der Waals surface area contributed by atoms with Gasteiger partial charge in [0.2, 0.25) is 0 Å². The molecule has 28 heavy (non-hydrogen) atoms. The van der Waals surface area contributed by atoms with Crippen LogP contribution < -0.4 is 20.1 Å². The lowest BCUT2D eigenvalue weighted by molar-refractivity contribution is -0.384. The minimum atomic E-state index is -0.409. The van der Waals surface area contributed by atoms with Crippen molar-refractivity contribution < 1.29 is 14.4 Å². The summed E-state index contributed by atoms with van der Waals surface area (Å²) in [5.41, 5.74) is 1.78. The van der Waals surface area contributed by atoms with Crippen molar-refractivity contribution in [3.63, 3.8) is 0 Å². The summed E-state index contributed by atoms with van der Waals surface area (Å²) in [7, 11) is 4.90. The molecule has 2 aromatic carbocycles. The molecule has 8 nitrogen and oxygen atoms in total. The Morgan fingerprint density at radius 3 is 2.57 bits per heavy atom. The molecule has 0 heterocycles. The molecule has 2 aromatic rings. The third-order valence-electron chi connectivity index (χ3n) is 4.06. The van der Waals surface area contributed by atoms with Crippen molar-refractivity contribution in [3.05, 3.63) is 63.7 Å². The van der Waals surface area contributed by atoms with Crippen LogP contribution in [-0.2, 0) is 6.54 Å². The van der Waals surface area contributed by atoms with Crippen LogP contribution in [0.25, 0.3) is 0 Å². The summed E-state index contributed by atoms with van der Waals surface area (Å²) < 4.78 is 10.7. The van der Waals surface area contributed by atoms with Gasteiger partial charge in [-0.15, -0.1) is 24.0 Å². The Morgan fingerprint density at radius 2 is 1.96 bits per heavy atom. The fraction of sp³-hybridized carbons (Fsp3) is 0.316. The van der Waals surface area contributed by atoms with Crippen LogP contribution in [0.1, 0.15) is 24.1 Å². The number of ether oxygens (including phenoxy) is 2. The Morgan fingerprint density at radius 1 is 1.21 bits per heavy atom. The van der Waals surface area contributed by atoms with Gasteiger partial charge >= 0.3 is 0 Å². The maximum absolute atomic E-state index is 10.9. The Balaban J connectivity index is 0.00000392. The number of nitro benzene ring substituents is 1. The average molecular weight is 500 g/mol. The van der Waals surface area contributed by atoms with Crippen molar-refractivity contribution in [2.45, 2.75) is 19.5 Å². The molecule has 0 saturated heterocycles. The molecule has 0 spiro atoms. The van der Waals surface area contributed by atoms with Crippen molar-refractivity contribution in [1.82, 2.24) is 10.6 Å². The molecule has 0 fully saturated rings. The highest BCUT2D eigenvalue weighted by Gasteiger charge is 2.14.